The van der Waals surface area contributed by atoms with E-state index in [1.807, 2.05) is 11.0 Å². The largest absolute Gasteiger partial charge is 0.397 e. The van der Waals surface area contributed by atoms with Crippen molar-refractivity contribution in [2.75, 3.05) is 49.5 Å². The number of amides is 1. The van der Waals surface area contributed by atoms with Crippen LogP contribution in [0.3, 0.4) is 0 Å². The maximum atomic E-state index is 12.5. The minimum atomic E-state index is -4.49. The van der Waals surface area contributed by atoms with Crippen LogP contribution >= 0.6 is 11.3 Å². The van der Waals surface area contributed by atoms with Crippen LogP contribution in [0.2, 0.25) is 0 Å². The maximum absolute atomic E-state index is 12.5. The highest BCUT2D eigenvalue weighted by Crippen LogP contribution is 2.33. The number of aliphatic hydroxyl groups is 1. The molecule has 160 valence electrons. The van der Waals surface area contributed by atoms with Crippen LogP contribution in [-0.2, 0) is 11.2 Å². The van der Waals surface area contributed by atoms with E-state index in [9.17, 15) is 18.0 Å². The van der Waals surface area contributed by atoms with Crippen molar-refractivity contribution in [3.8, 4) is 0 Å². The summed E-state index contributed by atoms with van der Waals surface area (Å²) < 4.78 is 37.5. The van der Waals surface area contributed by atoms with Crippen LogP contribution in [0.5, 0.6) is 0 Å². The predicted molar refractivity (Wildman–Crippen MR) is 106 cm³/mol. The first-order valence-corrected chi connectivity index (χ1v) is 10.4. The molecular weight excluding hydrogens is 407 g/mol. The summed E-state index contributed by atoms with van der Waals surface area (Å²) in [6.07, 6.45) is -4.47. The number of aryl methyl sites for hydroxylation is 1. The number of aliphatic hydroxyl groups excluding tert-OH is 1. The van der Waals surface area contributed by atoms with Gasteiger partial charge in [-0.2, -0.15) is 18.2 Å². The number of piperazine rings is 1. The van der Waals surface area contributed by atoms with Gasteiger partial charge >= 0.3 is 6.18 Å². The van der Waals surface area contributed by atoms with Crippen molar-refractivity contribution < 1.29 is 23.1 Å². The van der Waals surface area contributed by atoms with Gasteiger partial charge < -0.3 is 20.2 Å². The van der Waals surface area contributed by atoms with Crippen molar-refractivity contribution in [3.63, 3.8) is 0 Å². The predicted octanol–water partition coefficient (Wildman–Crippen LogP) is 2.65. The zero-order valence-electron chi connectivity index (χ0n) is 16.1. The second-order valence-corrected chi connectivity index (χ2v) is 7.93. The van der Waals surface area contributed by atoms with E-state index in [0.717, 1.165) is 22.5 Å². The number of aromatic nitrogens is 2. The Morgan fingerprint density at radius 2 is 2.00 bits per heavy atom. The van der Waals surface area contributed by atoms with E-state index in [2.05, 4.69) is 22.2 Å². The number of rotatable bonds is 7. The monoisotopic (exact) mass is 431 g/mol. The van der Waals surface area contributed by atoms with Gasteiger partial charge in [0.1, 0.15) is 17.1 Å². The van der Waals surface area contributed by atoms with Gasteiger partial charge in [-0.3, -0.25) is 4.79 Å². The van der Waals surface area contributed by atoms with E-state index in [4.69, 9.17) is 5.11 Å². The molecule has 0 bridgehead atoms. The van der Waals surface area contributed by atoms with E-state index in [-0.39, 0.29) is 19.7 Å². The number of alkyl halides is 3. The molecule has 2 aromatic rings. The van der Waals surface area contributed by atoms with Crippen molar-refractivity contribution in [2.45, 2.75) is 32.4 Å². The smallest absolute Gasteiger partial charge is 0.396 e. The maximum Gasteiger partial charge on any atom is 0.397 e. The quantitative estimate of drug-likeness (QED) is 0.656. The van der Waals surface area contributed by atoms with Crippen LogP contribution in [0.1, 0.15) is 24.6 Å². The molecule has 0 atom stereocenters. The first-order chi connectivity index (χ1) is 13.8. The lowest BCUT2D eigenvalue weighted by molar-refractivity contribution is -0.161. The SMILES string of the molecule is CCc1cc2c(N3CCN(C(=O)CC(F)(F)F)CC3)nc(NCCCO)nc2s1. The van der Waals surface area contributed by atoms with Crippen LogP contribution in [-0.4, -0.2) is 71.4 Å². The zero-order valence-corrected chi connectivity index (χ0v) is 16.9. The van der Waals surface area contributed by atoms with Crippen molar-refractivity contribution in [2.24, 2.45) is 0 Å². The van der Waals surface area contributed by atoms with Gasteiger partial charge in [0.05, 0.1) is 5.39 Å². The Morgan fingerprint density at radius 3 is 2.62 bits per heavy atom. The molecular formula is C18H24F3N5O2S. The van der Waals surface area contributed by atoms with Crippen molar-refractivity contribution in [1.29, 1.82) is 0 Å². The summed E-state index contributed by atoms with van der Waals surface area (Å²) in [5, 5.41) is 13.0. The molecule has 1 fully saturated rings. The number of hydrogen-bond donors (Lipinski definition) is 2. The summed E-state index contributed by atoms with van der Waals surface area (Å²) in [4.78, 5) is 26.3. The Hall–Kier alpha value is -2.14. The highest BCUT2D eigenvalue weighted by Gasteiger charge is 2.34. The van der Waals surface area contributed by atoms with Gasteiger partial charge in [0.25, 0.3) is 0 Å². The molecule has 7 nitrogen and oxygen atoms in total. The number of fused-ring (bicyclic) bond motifs is 1. The standard InChI is InChI=1S/C18H24F3N5O2S/c1-2-12-10-13-15(23-17(22-4-3-9-27)24-16(13)29-12)26-7-5-25(6-8-26)14(28)11-18(19,20)21/h10,27H,2-9,11H2,1H3,(H,22,23,24). The third-order valence-electron chi connectivity index (χ3n) is 4.67. The Labute approximate surface area is 170 Å². The van der Waals surface area contributed by atoms with Crippen molar-refractivity contribution in [1.82, 2.24) is 14.9 Å². The molecule has 0 aromatic carbocycles. The molecule has 1 amide bonds. The van der Waals surface area contributed by atoms with Gasteiger partial charge in [-0.15, -0.1) is 11.3 Å². The lowest BCUT2D eigenvalue weighted by Crippen LogP contribution is -2.49. The van der Waals surface area contributed by atoms with E-state index in [1.165, 1.54) is 9.78 Å². The molecule has 3 heterocycles. The van der Waals surface area contributed by atoms with E-state index in [0.29, 0.717) is 32.0 Å². The van der Waals surface area contributed by atoms with Crippen molar-refractivity contribution >= 4 is 39.2 Å². The fourth-order valence-corrected chi connectivity index (χ4v) is 4.14. The normalized spacial score (nSPS) is 15.2. The number of halogens is 3. The van der Waals surface area contributed by atoms with E-state index < -0.39 is 18.5 Å². The number of hydrogen-bond acceptors (Lipinski definition) is 7. The van der Waals surface area contributed by atoms with Gasteiger partial charge in [0, 0.05) is 44.2 Å². The molecule has 11 heteroatoms. The number of thiophene rings is 1. The molecule has 0 saturated carbocycles. The molecule has 0 radical (unpaired) electrons. The first kappa shape index (κ1) is 21.6. The van der Waals surface area contributed by atoms with Crippen LogP contribution in [0.25, 0.3) is 10.2 Å². The van der Waals surface area contributed by atoms with Crippen LogP contribution in [0, 0.1) is 0 Å². The van der Waals surface area contributed by atoms with Gasteiger partial charge in [-0.05, 0) is 18.9 Å². The number of nitrogens with zero attached hydrogens (tertiary/aromatic N) is 4. The fraction of sp³-hybridized carbons (Fsp3) is 0.611. The lowest BCUT2D eigenvalue weighted by Gasteiger charge is -2.36. The second-order valence-electron chi connectivity index (χ2n) is 6.82. The third-order valence-corrected chi connectivity index (χ3v) is 5.85. The molecule has 0 spiro atoms. The summed E-state index contributed by atoms with van der Waals surface area (Å²) in [7, 11) is 0. The van der Waals surface area contributed by atoms with Gasteiger partial charge in [-0.1, -0.05) is 6.92 Å². The number of carbonyl (C=O) groups excluding carboxylic acids is 1. The van der Waals surface area contributed by atoms with Crippen molar-refractivity contribution in [3.05, 3.63) is 10.9 Å². The number of anilines is 2. The lowest BCUT2D eigenvalue weighted by atomic mass is 10.2. The molecule has 0 unspecified atom stereocenters. The van der Waals surface area contributed by atoms with Crippen LogP contribution in [0.4, 0.5) is 24.9 Å². The fourth-order valence-electron chi connectivity index (χ4n) is 3.18. The second kappa shape index (κ2) is 9.12. The Kier molecular flexibility index (Phi) is 6.78. The number of carbonyl (C=O) groups is 1. The highest BCUT2D eigenvalue weighted by molar-refractivity contribution is 7.18. The molecule has 3 rings (SSSR count). The molecule has 1 saturated heterocycles. The van der Waals surface area contributed by atoms with Gasteiger partial charge in [0.2, 0.25) is 11.9 Å². The summed E-state index contributed by atoms with van der Waals surface area (Å²) in [6.45, 7) is 3.91. The Balaban J connectivity index is 1.78. The third kappa shape index (κ3) is 5.47. The van der Waals surface area contributed by atoms with E-state index >= 15 is 0 Å². The summed E-state index contributed by atoms with van der Waals surface area (Å²) in [5.41, 5.74) is 0. The Morgan fingerprint density at radius 1 is 1.28 bits per heavy atom. The summed E-state index contributed by atoms with van der Waals surface area (Å²) in [6, 6.07) is 2.05. The summed E-state index contributed by atoms with van der Waals surface area (Å²) in [5.74, 6) is 0.293. The van der Waals surface area contributed by atoms with E-state index in [1.54, 1.807) is 11.3 Å². The first-order valence-electron chi connectivity index (χ1n) is 9.55. The van der Waals surface area contributed by atoms with Gasteiger partial charge in [0.15, 0.2) is 0 Å². The summed E-state index contributed by atoms with van der Waals surface area (Å²) >= 11 is 1.58. The number of nitrogens with one attached hydrogen (secondary N) is 1. The highest BCUT2D eigenvalue weighted by atomic mass is 32.1. The average Bonchev–Trinajstić information content (AvgIpc) is 3.09. The zero-order chi connectivity index (χ0) is 21.0. The van der Waals surface area contributed by atoms with Crippen LogP contribution < -0.4 is 10.2 Å². The molecule has 1 aliphatic rings. The average molecular weight is 431 g/mol. The minimum Gasteiger partial charge on any atom is -0.396 e. The van der Waals surface area contributed by atoms with Gasteiger partial charge in [-0.25, -0.2) is 4.98 Å². The minimum absolute atomic E-state index is 0.0645. The Bertz CT molecular complexity index is 850. The topological polar surface area (TPSA) is 81.6 Å². The molecule has 2 aromatic heterocycles. The molecule has 1 aliphatic heterocycles. The molecule has 29 heavy (non-hydrogen) atoms. The van der Waals surface area contributed by atoms with Crippen LogP contribution in [0.15, 0.2) is 6.07 Å². The molecule has 2 N–H and O–H groups in total. The molecule has 0 aliphatic carbocycles.